The van der Waals surface area contributed by atoms with Crippen LogP contribution in [-0.2, 0) is 0 Å². The molecule has 0 fully saturated rings. The van der Waals surface area contributed by atoms with E-state index in [1.54, 1.807) is 0 Å². The molecule has 0 saturated carbocycles. The number of rotatable bonds is 2. The van der Waals surface area contributed by atoms with Gasteiger partial charge in [-0.1, -0.05) is 41.3 Å². The minimum atomic E-state index is -0.0633. The van der Waals surface area contributed by atoms with Gasteiger partial charge in [0, 0.05) is 9.79 Å². The summed E-state index contributed by atoms with van der Waals surface area (Å²) in [4.78, 5) is 2.60. The third-order valence-corrected chi connectivity index (χ3v) is 4.29. The standard InChI is InChI=1S/C15H16S/c1-12-4-8-14(9-5-12)16(3)15-10-6-13(2)7-11-15/h4-11H,3H2,1-2H3. The molecule has 0 aliphatic carbocycles. The number of aryl methyl sites for hydroxylation is 2. The number of benzene rings is 2. The second-order valence-corrected chi connectivity index (χ2v) is 5.74. The van der Waals surface area contributed by atoms with Crippen molar-refractivity contribution in [3.8, 4) is 0 Å². The van der Waals surface area contributed by atoms with E-state index >= 15 is 0 Å². The molecule has 0 unspecified atom stereocenters. The molecule has 0 aliphatic heterocycles. The van der Waals surface area contributed by atoms with Gasteiger partial charge in [-0.3, -0.25) is 0 Å². The fourth-order valence-electron chi connectivity index (χ4n) is 1.54. The Morgan fingerprint density at radius 2 is 1.00 bits per heavy atom. The SMILES string of the molecule is C=S(c1ccc(C)cc1)c1ccc(C)cc1. The Morgan fingerprint density at radius 3 is 1.31 bits per heavy atom. The van der Waals surface area contributed by atoms with Crippen molar-refractivity contribution >= 4 is 16.4 Å². The molecule has 0 N–H and O–H groups in total. The second-order valence-electron chi connectivity index (χ2n) is 4.02. The fraction of sp³-hybridized carbons (Fsp3) is 0.133. The van der Waals surface area contributed by atoms with Crippen molar-refractivity contribution in [3.63, 3.8) is 0 Å². The average molecular weight is 228 g/mol. The molecule has 0 radical (unpaired) electrons. The summed E-state index contributed by atoms with van der Waals surface area (Å²) in [5, 5.41) is 0. The van der Waals surface area contributed by atoms with E-state index in [4.69, 9.17) is 0 Å². The predicted molar refractivity (Wildman–Crippen MR) is 73.6 cm³/mol. The topological polar surface area (TPSA) is 0 Å². The predicted octanol–water partition coefficient (Wildman–Crippen LogP) is 4.42. The summed E-state index contributed by atoms with van der Waals surface area (Å²) >= 11 is 0. The lowest BCUT2D eigenvalue weighted by Gasteiger charge is -2.08. The van der Waals surface area contributed by atoms with E-state index in [-0.39, 0.29) is 10.5 Å². The summed E-state index contributed by atoms with van der Waals surface area (Å²) < 4.78 is 0. The van der Waals surface area contributed by atoms with Gasteiger partial charge < -0.3 is 0 Å². The van der Waals surface area contributed by atoms with Crippen molar-refractivity contribution < 1.29 is 0 Å². The normalized spacial score (nSPS) is 10.7. The van der Waals surface area contributed by atoms with Crippen LogP contribution < -0.4 is 0 Å². The van der Waals surface area contributed by atoms with Gasteiger partial charge in [-0.25, -0.2) is 0 Å². The van der Waals surface area contributed by atoms with Crippen molar-refractivity contribution in [2.24, 2.45) is 0 Å². The Hall–Kier alpha value is -1.34. The summed E-state index contributed by atoms with van der Waals surface area (Å²) in [6, 6.07) is 17.3. The van der Waals surface area contributed by atoms with Gasteiger partial charge in [0.05, 0.1) is 0 Å². The zero-order valence-electron chi connectivity index (χ0n) is 9.73. The second kappa shape index (κ2) is 4.67. The molecule has 0 atom stereocenters. The number of hydrogen-bond donors (Lipinski definition) is 0. The Labute approximate surface area is 99.9 Å². The molecular formula is C15H16S. The fourth-order valence-corrected chi connectivity index (χ4v) is 2.74. The summed E-state index contributed by atoms with van der Waals surface area (Å²) in [7, 11) is -0.0633. The lowest BCUT2D eigenvalue weighted by Crippen LogP contribution is -1.79. The van der Waals surface area contributed by atoms with Crippen LogP contribution in [0.3, 0.4) is 0 Å². The van der Waals surface area contributed by atoms with E-state index in [1.165, 1.54) is 20.9 Å². The van der Waals surface area contributed by atoms with Gasteiger partial charge in [-0.2, -0.15) is 0 Å². The lowest BCUT2D eigenvalue weighted by molar-refractivity contribution is 1.34. The average Bonchev–Trinajstić information content (AvgIpc) is 2.30. The third kappa shape index (κ3) is 2.42. The maximum absolute atomic E-state index is 4.27. The Morgan fingerprint density at radius 1 is 0.688 bits per heavy atom. The minimum absolute atomic E-state index is 0.0633. The van der Waals surface area contributed by atoms with Crippen molar-refractivity contribution in [2.75, 3.05) is 0 Å². The molecule has 0 bridgehead atoms. The summed E-state index contributed by atoms with van der Waals surface area (Å²) in [5.74, 6) is 4.27. The van der Waals surface area contributed by atoms with Crippen molar-refractivity contribution in [1.82, 2.24) is 0 Å². The van der Waals surface area contributed by atoms with Crippen LogP contribution in [0.1, 0.15) is 11.1 Å². The van der Waals surface area contributed by atoms with Gasteiger partial charge in [-0.15, -0.1) is 10.5 Å². The van der Waals surface area contributed by atoms with Crippen LogP contribution in [0.15, 0.2) is 58.3 Å². The first-order valence-electron chi connectivity index (χ1n) is 5.34. The maximum Gasteiger partial charge on any atom is 0.00565 e. The Kier molecular flexibility index (Phi) is 3.25. The van der Waals surface area contributed by atoms with Crippen LogP contribution in [0.25, 0.3) is 0 Å². The first kappa shape index (κ1) is 11.2. The van der Waals surface area contributed by atoms with Gasteiger partial charge >= 0.3 is 0 Å². The van der Waals surface area contributed by atoms with E-state index in [0.29, 0.717) is 0 Å². The van der Waals surface area contributed by atoms with Crippen LogP contribution >= 0.6 is 10.5 Å². The van der Waals surface area contributed by atoms with Crippen LogP contribution in [0.4, 0.5) is 0 Å². The molecular weight excluding hydrogens is 212 g/mol. The van der Waals surface area contributed by atoms with Crippen LogP contribution in [0.5, 0.6) is 0 Å². The highest BCUT2D eigenvalue weighted by Crippen LogP contribution is 2.33. The summed E-state index contributed by atoms with van der Waals surface area (Å²) in [5.41, 5.74) is 2.59. The molecule has 0 heterocycles. The van der Waals surface area contributed by atoms with E-state index < -0.39 is 0 Å². The van der Waals surface area contributed by atoms with Gasteiger partial charge in [0.1, 0.15) is 0 Å². The highest BCUT2D eigenvalue weighted by Gasteiger charge is 1.99. The largest absolute Gasteiger partial charge is 0.131 e. The molecule has 2 aromatic carbocycles. The molecule has 82 valence electrons. The minimum Gasteiger partial charge on any atom is -0.131 e. The van der Waals surface area contributed by atoms with Crippen molar-refractivity contribution in [3.05, 3.63) is 59.7 Å². The van der Waals surface area contributed by atoms with E-state index in [2.05, 4.69) is 68.2 Å². The molecule has 0 nitrogen and oxygen atoms in total. The number of hydrogen-bond acceptors (Lipinski definition) is 0. The molecule has 0 aromatic heterocycles. The third-order valence-electron chi connectivity index (χ3n) is 2.61. The van der Waals surface area contributed by atoms with Crippen LogP contribution in [0.2, 0.25) is 0 Å². The molecule has 2 rings (SSSR count). The van der Waals surface area contributed by atoms with Gasteiger partial charge in [-0.05, 0) is 38.1 Å². The van der Waals surface area contributed by atoms with Gasteiger partial charge in [0.15, 0.2) is 0 Å². The summed E-state index contributed by atoms with van der Waals surface area (Å²) in [6.45, 7) is 4.22. The molecule has 0 amide bonds. The van der Waals surface area contributed by atoms with E-state index in [9.17, 15) is 0 Å². The zero-order chi connectivity index (χ0) is 11.5. The molecule has 0 aliphatic rings. The Balaban J connectivity index is 2.32. The molecule has 0 saturated heterocycles. The van der Waals surface area contributed by atoms with E-state index in [0.717, 1.165) is 0 Å². The first-order chi connectivity index (χ1) is 7.66. The molecule has 16 heavy (non-hydrogen) atoms. The molecule has 0 spiro atoms. The van der Waals surface area contributed by atoms with Crippen molar-refractivity contribution in [2.45, 2.75) is 23.6 Å². The monoisotopic (exact) mass is 228 g/mol. The zero-order valence-corrected chi connectivity index (χ0v) is 10.6. The summed E-state index contributed by atoms with van der Waals surface area (Å²) in [6.07, 6.45) is 0. The van der Waals surface area contributed by atoms with Crippen LogP contribution in [0, 0.1) is 13.8 Å². The first-order valence-corrected chi connectivity index (χ1v) is 6.73. The highest BCUT2D eigenvalue weighted by atomic mass is 32.2. The maximum atomic E-state index is 4.27. The highest BCUT2D eigenvalue weighted by molar-refractivity contribution is 8.14. The Bertz CT molecular complexity index is 444. The van der Waals surface area contributed by atoms with Gasteiger partial charge in [0.2, 0.25) is 0 Å². The smallest absolute Gasteiger partial charge is 0.00565 e. The van der Waals surface area contributed by atoms with E-state index in [1.807, 2.05) is 0 Å². The lowest BCUT2D eigenvalue weighted by atomic mass is 10.2. The molecule has 2 aromatic rings. The molecule has 1 heteroatoms. The van der Waals surface area contributed by atoms with Gasteiger partial charge in [0.25, 0.3) is 0 Å². The van der Waals surface area contributed by atoms with Crippen LogP contribution in [-0.4, -0.2) is 5.87 Å². The van der Waals surface area contributed by atoms with Crippen molar-refractivity contribution in [1.29, 1.82) is 0 Å². The quantitative estimate of drug-likeness (QED) is 0.667.